The Morgan fingerprint density at radius 2 is 2.17 bits per heavy atom. The smallest absolute Gasteiger partial charge is 0.220 e. The fourth-order valence-electron chi connectivity index (χ4n) is 5.88. The summed E-state index contributed by atoms with van der Waals surface area (Å²) in [6.07, 6.45) is 2.22. The summed E-state index contributed by atoms with van der Waals surface area (Å²) in [6, 6.07) is 3.28. The summed E-state index contributed by atoms with van der Waals surface area (Å²) in [7, 11) is 0. The van der Waals surface area contributed by atoms with Crippen molar-refractivity contribution < 1.29 is 24.9 Å². The monoisotopic (exact) mass is 402 g/mol. The minimum absolute atomic E-state index is 0.00137. The van der Waals surface area contributed by atoms with Crippen LogP contribution in [0.5, 0.6) is 5.75 Å². The second-order valence-corrected chi connectivity index (χ2v) is 8.93. The van der Waals surface area contributed by atoms with Gasteiger partial charge in [-0.05, 0) is 68.0 Å². The zero-order valence-electron chi connectivity index (χ0n) is 16.8. The Bertz CT molecular complexity index is 841. The van der Waals surface area contributed by atoms with E-state index in [0.29, 0.717) is 32.4 Å². The van der Waals surface area contributed by atoms with Crippen LogP contribution in [0.15, 0.2) is 12.1 Å². The molecular weight excluding hydrogens is 372 g/mol. The molecule has 3 aliphatic rings. The van der Waals surface area contributed by atoms with Crippen molar-refractivity contribution in [2.24, 2.45) is 5.92 Å². The molecule has 2 aliphatic carbocycles. The van der Waals surface area contributed by atoms with E-state index in [-0.39, 0.29) is 49.4 Å². The van der Waals surface area contributed by atoms with Gasteiger partial charge in [0.1, 0.15) is 11.5 Å². The van der Waals surface area contributed by atoms with E-state index in [1.807, 2.05) is 6.92 Å². The molecule has 7 heteroatoms. The first kappa shape index (κ1) is 20.3. The second kappa shape index (κ2) is 7.38. The molecule has 0 aromatic heterocycles. The van der Waals surface area contributed by atoms with Crippen LogP contribution in [0.4, 0.5) is 0 Å². The number of fused-ring (bicyclic) bond motifs is 1. The Labute approximate surface area is 170 Å². The molecule has 1 aliphatic heterocycles. The number of aryl methyl sites for hydroxylation is 1. The predicted molar refractivity (Wildman–Crippen MR) is 107 cm³/mol. The molecule has 1 saturated carbocycles. The first-order valence-corrected chi connectivity index (χ1v) is 10.5. The number of rotatable bonds is 5. The standard InChI is InChI=1S/C22H30N2O5/c1-13-7-15(26)9-17-16(13)10-19-22(29)11-14(8-20(28)24-4-2-6-25)18(27)12-21(17,22)3-5-23-19/h7,9,14,19,23,25-26,29H,2-6,8,10-12H2,1H3,(H,24,28)/t14-,19+,21+,22+/m0/s1. The van der Waals surface area contributed by atoms with Crippen LogP contribution >= 0.6 is 0 Å². The van der Waals surface area contributed by atoms with Gasteiger partial charge >= 0.3 is 0 Å². The van der Waals surface area contributed by atoms with Gasteiger partial charge in [0.25, 0.3) is 0 Å². The third-order valence-corrected chi connectivity index (χ3v) is 7.31. The third kappa shape index (κ3) is 3.16. The normalized spacial score (nSPS) is 33.0. The van der Waals surface area contributed by atoms with Crippen molar-refractivity contribution in [1.82, 2.24) is 10.6 Å². The molecular formula is C22H30N2O5. The number of aliphatic hydroxyl groups excluding tert-OH is 1. The largest absolute Gasteiger partial charge is 0.508 e. The van der Waals surface area contributed by atoms with Crippen molar-refractivity contribution >= 4 is 11.7 Å². The van der Waals surface area contributed by atoms with Crippen LogP contribution in [-0.4, -0.2) is 58.3 Å². The van der Waals surface area contributed by atoms with Gasteiger partial charge < -0.3 is 26.0 Å². The van der Waals surface area contributed by atoms with Crippen LogP contribution in [0.1, 0.15) is 48.8 Å². The molecule has 1 amide bonds. The van der Waals surface area contributed by atoms with Gasteiger partial charge in [-0.2, -0.15) is 0 Å². The average molecular weight is 402 g/mol. The van der Waals surface area contributed by atoms with Crippen molar-refractivity contribution in [2.75, 3.05) is 19.7 Å². The number of ketones is 1. The van der Waals surface area contributed by atoms with Crippen LogP contribution in [0.25, 0.3) is 0 Å². The van der Waals surface area contributed by atoms with Gasteiger partial charge in [0.2, 0.25) is 5.91 Å². The van der Waals surface area contributed by atoms with Crippen molar-refractivity contribution in [3.8, 4) is 5.75 Å². The lowest BCUT2D eigenvalue weighted by Crippen LogP contribution is -2.73. The number of nitrogens with one attached hydrogen (secondary N) is 2. The molecule has 0 spiro atoms. The van der Waals surface area contributed by atoms with E-state index in [1.54, 1.807) is 12.1 Å². The summed E-state index contributed by atoms with van der Waals surface area (Å²) < 4.78 is 0. The van der Waals surface area contributed by atoms with E-state index in [4.69, 9.17) is 5.11 Å². The van der Waals surface area contributed by atoms with Crippen LogP contribution in [0.2, 0.25) is 0 Å². The van der Waals surface area contributed by atoms with Crippen LogP contribution in [-0.2, 0) is 21.4 Å². The molecule has 0 radical (unpaired) electrons. The van der Waals surface area contributed by atoms with Crippen LogP contribution in [0.3, 0.4) is 0 Å². The number of aliphatic hydroxyl groups is 2. The molecule has 1 heterocycles. The fourth-order valence-corrected chi connectivity index (χ4v) is 5.88. The minimum atomic E-state index is -1.14. The number of carbonyl (C=O) groups excluding carboxylic acids is 2. The summed E-state index contributed by atoms with van der Waals surface area (Å²) in [5.74, 6) is -0.585. The maximum Gasteiger partial charge on any atom is 0.220 e. The quantitative estimate of drug-likeness (QED) is 0.457. The van der Waals surface area contributed by atoms with Crippen LogP contribution in [0, 0.1) is 12.8 Å². The number of amides is 1. The molecule has 4 rings (SSSR count). The van der Waals surface area contributed by atoms with E-state index in [0.717, 1.165) is 16.7 Å². The van der Waals surface area contributed by atoms with E-state index in [9.17, 15) is 19.8 Å². The van der Waals surface area contributed by atoms with Crippen molar-refractivity contribution in [2.45, 2.75) is 62.5 Å². The van der Waals surface area contributed by atoms with Gasteiger partial charge in [-0.1, -0.05) is 0 Å². The van der Waals surface area contributed by atoms with Crippen LogP contribution < -0.4 is 10.6 Å². The van der Waals surface area contributed by atoms with E-state index in [2.05, 4.69) is 10.6 Å². The number of phenolic OH excluding ortho intramolecular Hbond substituents is 1. The summed E-state index contributed by atoms with van der Waals surface area (Å²) in [5.41, 5.74) is 1.13. The second-order valence-electron chi connectivity index (χ2n) is 8.93. The predicted octanol–water partition coefficient (Wildman–Crippen LogP) is 0.455. The van der Waals surface area contributed by atoms with Gasteiger partial charge in [0.15, 0.2) is 0 Å². The Morgan fingerprint density at radius 3 is 2.93 bits per heavy atom. The molecule has 1 aromatic carbocycles. The number of hydrogen-bond acceptors (Lipinski definition) is 6. The summed E-state index contributed by atoms with van der Waals surface area (Å²) >= 11 is 0. The van der Waals surface area contributed by atoms with Crippen molar-refractivity contribution in [1.29, 1.82) is 0 Å². The Morgan fingerprint density at radius 1 is 1.38 bits per heavy atom. The molecule has 7 nitrogen and oxygen atoms in total. The third-order valence-electron chi connectivity index (χ3n) is 7.31. The topological polar surface area (TPSA) is 119 Å². The van der Waals surface area contributed by atoms with E-state index < -0.39 is 16.9 Å². The highest BCUT2D eigenvalue weighted by Crippen LogP contribution is 2.57. The minimum Gasteiger partial charge on any atom is -0.508 e. The Kier molecular flexibility index (Phi) is 5.17. The molecule has 4 atom stereocenters. The van der Waals surface area contributed by atoms with Gasteiger partial charge in [-0.3, -0.25) is 9.59 Å². The zero-order valence-corrected chi connectivity index (χ0v) is 16.8. The number of piperidine rings is 1. The highest BCUT2D eigenvalue weighted by Gasteiger charge is 2.65. The summed E-state index contributed by atoms with van der Waals surface area (Å²) in [6.45, 7) is 3.05. The maximum absolute atomic E-state index is 13.1. The molecule has 1 aromatic rings. The number of carbonyl (C=O) groups is 2. The molecule has 1 saturated heterocycles. The first-order chi connectivity index (χ1) is 13.8. The Hall–Kier alpha value is -1.96. The first-order valence-electron chi connectivity index (χ1n) is 10.5. The summed E-state index contributed by atoms with van der Waals surface area (Å²) in [5, 5.41) is 37.2. The number of phenols is 1. The van der Waals surface area contributed by atoms with Gasteiger partial charge in [0, 0.05) is 43.4 Å². The Balaban J connectivity index is 1.66. The van der Waals surface area contributed by atoms with Gasteiger partial charge in [-0.25, -0.2) is 0 Å². The lowest BCUT2D eigenvalue weighted by molar-refractivity contribution is -0.160. The van der Waals surface area contributed by atoms with Crippen molar-refractivity contribution in [3.05, 3.63) is 28.8 Å². The lowest BCUT2D eigenvalue weighted by atomic mass is 9.48. The number of hydrogen-bond donors (Lipinski definition) is 5. The highest BCUT2D eigenvalue weighted by atomic mass is 16.3. The van der Waals surface area contributed by atoms with E-state index in [1.165, 1.54) is 0 Å². The fraction of sp³-hybridized carbons (Fsp3) is 0.636. The highest BCUT2D eigenvalue weighted by molar-refractivity contribution is 5.89. The summed E-state index contributed by atoms with van der Waals surface area (Å²) in [4.78, 5) is 25.4. The molecule has 29 heavy (non-hydrogen) atoms. The van der Waals surface area contributed by atoms with Crippen molar-refractivity contribution in [3.63, 3.8) is 0 Å². The number of Topliss-reactive ketones (excluding diaryl/α,β-unsaturated/α-hetero) is 1. The average Bonchev–Trinajstić information content (AvgIpc) is 2.64. The molecule has 0 unspecified atom stereocenters. The lowest BCUT2D eigenvalue weighted by Gasteiger charge is -2.62. The SMILES string of the molecule is Cc1cc(O)cc2c1C[C@H]1NCC[C@@]23CC(=O)[C@@H](CC(=O)NCCCO)C[C@@]13O. The maximum atomic E-state index is 13.1. The number of aromatic hydroxyl groups is 1. The van der Waals surface area contributed by atoms with E-state index >= 15 is 0 Å². The molecule has 158 valence electrons. The van der Waals surface area contributed by atoms with Gasteiger partial charge in [0.05, 0.1) is 5.60 Å². The zero-order chi connectivity index (χ0) is 20.8. The molecule has 2 bridgehead atoms. The van der Waals surface area contributed by atoms with Gasteiger partial charge in [-0.15, -0.1) is 0 Å². The molecule has 5 N–H and O–H groups in total. The number of benzene rings is 1. The molecule has 2 fully saturated rings.